The molecule has 0 saturated heterocycles. The standard InChI is InChI=1S/C13H17NO/c1-3-4-8-11-12-9(2)6-5-7-10(12)13(15)14-11/h5-7,11H,3-4,8H2,1-2H3,(H,14,15). The molecule has 2 rings (SSSR count). The van der Waals surface area contributed by atoms with Crippen LogP contribution in [0, 0.1) is 6.92 Å². The van der Waals surface area contributed by atoms with E-state index in [2.05, 4.69) is 25.2 Å². The molecule has 1 heterocycles. The van der Waals surface area contributed by atoms with Crippen molar-refractivity contribution in [3.63, 3.8) is 0 Å². The summed E-state index contributed by atoms with van der Waals surface area (Å²) in [7, 11) is 0. The summed E-state index contributed by atoms with van der Waals surface area (Å²) in [4.78, 5) is 11.7. The van der Waals surface area contributed by atoms with Crippen LogP contribution in [0.5, 0.6) is 0 Å². The molecule has 1 atom stereocenters. The van der Waals surface area contributed by atoms with E-state index >= 15 is 0 Å². The first-order valence-corrected chi connectivity index (χ1v) is 5.64. The number of unbranched alkanes of at least 4 members (excludes halogenated alkanes) is 1. The molecule has 1 unspecified atom stereocenters. The zero-order valence-corrected chi connectivity index (χ0v) is 9.34. The van der Waals surface area contributed by atoms with Crippen molar-refractivity contribution in [3.8, 4) is 0 Å². The molecule has 1 N–H and O–H groups in total. The maximum Gasteiger partial charge on any atom is 0.252 e. The highest BCUT2D eigenvalue weighted by Gasteiger charge is 2.28. The van der Waals surface area contributed by atoms with Crippen LogP contribution in [0.4, 0.5) is 0 Å². The summed E-state index contributed by atoms with van der Waals surface area (Å²) in [5, 5.41) is 3.06. The number of nitrogens with one attached hydrogen (secondary N) is 1. The quantitative estimate of drug-likeness (QED) is 0.804. The molecular formula is C13H17NO. The van der Waals surface area contributed by atoms with Crippen LogP contribution in [0.15, 0.2) is 18.2 Å². The van der Waals surface area contributed by atoms with Gasteiger partial charge in [0.05, 0.1) is 6.04 Å². The molecule has 1 aliphatic rings. The van der Waals surface area contributed by atoms with Crippen LogP contribution in [-0.4, -0.2) is 5.91 Å². The van der Waals surface area contributed by atoms with E-state index in [9.17, 15) is 4.79 Å². The van der Waals surface area contributed by atoms with Crippen molar-refractivity contribution in [2.75, 3.05) is 0 Å². The van der Waals surface area contributed by atoms with Crippen LogP contribution in [0.3, 0.4) is 0 Å². The smallest absolute Gasteiger partial charge is 0.252 e. The van der Waals surface area contributed by atoms with E-state index in [1.54, 1.807) is 0 Å². The van der Waals surface area contributed by atoms with Crippen LogP contribution < -0.4 is 5.32 Å². The molecule has 80 valence electrons. The predicted molar refractivity (Wildman–Crippen MR) is 60.9 cm³/mol. The van der Waals surface area contributed by atoms with Crippen LogP contribution in [0.25, 0.3) is 0 Å². The van der Waals surface area contributed by atoms with Crippen molar-refractivity contribution in [1.29, 1.82) is 0 Å². The zero-order chi connectivity index (χ0) is 10.8. The van der Waals surface area contributed by atoms with Crippen molar-refractivity contribution in [2.24, 2.45) is 0 Å². The molecule has 0 spiro atoms. The number of aryl methyl sites for hydroxylation is 1. The SMILES string of the molecule is CCCCC1NC(=O)c2cccc(C)c21. The lowest BCUT2D eigenvalue weighted by Crippen LogP contribution is -2.18. The Kier molecular flexibility index (Phi) is 2.76. The first-order valence-electron chi connectivity index (χ1n) is 5.64. The summed E-state index contributed by atoms with van der Waals surface area (Å²) in [6, 6.07) is 6.20. The highest BCUT2D eigenvalue weighted by Crippen LogP contribution is 2.31. The van der Waals surface area contributed by atoms with Crippen molar-refractivity contribution < 1.29 is 4.79 Å². The molecule has 1 aromatic rings. The van der Waals surface area contributed by atoms with Crippen molar-refractivity contribution >= 4 is 5.91 Å². The average Bonchev–Trinajstić information content (AvgIpc) is 2.55. The van der Waals surface area contributed by atoms with Gasteiger partial charge in [-0.3, -0.25) is 4.79 Å². The topological polar surface area (TPSA) is 29.1 Å². The molecule has 0 fully saturated rings. The molecule has 0 saturated carbocycles. The van der Waals surface area contributed by atoms with Gasteiger partial charge in [0.1, 0.15) is 0 Å². The molecule has 0 aromatic heterocycles. The average molecular weight is 203 g/mol. The highest BCUT2D eigenvalue weighted by molar-refractivity contribution is 5.99. The second-order valence-electron chi connectivity index (χ2n) is 4.20. The fourth-order valence-corrected chi connectivity index (χ4v) is 2.27. The largest absolute Gasteiger partial charge is 0.345 e. The lowest BCUT2D eigenvalue weighted by Gasteiger charge is -2.12. The molecule has 1 aromatic carbocycles. The van der Waals surface area contributed by atoms with E-state index in [1.807, 2.05) is 12.1 Å². The van der Waals surface area contributed by atoms with Gasteiger partial charge in [0, 0.05) is 5.56 Å². The van der Waals surface area contributed by atoms with E-state index in [4.69, 9.17) is 0 Å². The van der Waals surface area contributed by atoms with Crippen LogP contribution >= 0.6 is 0 Å². The first kappa shape index (κ1) is 10.2. The number of fused-ring (bicyclic) bond motifs is 1. The molecule has 0 bridgehead atoms. The number of rotatable bonds is 3. The Hall–Kier alpha value is -1.31. The van der Waals surface area contributed by atoms with Gasteiger partial charge in [0.2, 0.25) is 0 Å². The molecule has 0 radical (unpaired) electrons. The Morgan fingerprint density at radius 3 is 2.93 bits per heavy atom. The first-order chi connectivity index (χ1) is 7.24. The van der Waals surface area contributed by atoms with Gasteiger partial charge in [0.25, 0.3) is 5.91 Å². The Morgan fingerprint density at radius 2 is 2.20 bits per heavy atom. The zero-order valence-electron chi connectivity index (χ0n) is 9.34. The van der Waals surface area contributed by atoms with Gasteiger partial charge in [0.15, 0.2) is 0 Å². The van der Waals surface area contributed by atoms with E-state index in [1.165, 1.54) is 24.0 Å². The second-order valence-corrected chi connectivity index (χ2v) is 4.20. The second kappa shape index (κ2) is 4.05. The summed E-state index contributed by atoms with van der Waals surface area (Å²) in [6.45, 7) is 4.26. The molecule has 1 aliphatic heterocycles. The van der Waals surface area contributed by atoms with Crippen molar-refractivity contribution in [1.82, 2.24) is 5.32 Å². The van der Waals surface area contributed by atoms with Crippen molar-refractivity contribution in [2.45, 2.75) is 39.2 Å². The van der Waals surface area contributed by atoms with Crippen LogP contribution in [0.2, 0.25) is 0 Å². The Balaban J connectivity index is 2.31. The number of benzene rings is 1. The summed E-state index contributed by atoms with van der Waals surface area (Å²) in [5.41, 5.74) is 3.32. The Morgan fingerprint density at radius 1 is 1.40 bits per heavy atom. The van der Waals surface area contributed by atoms with Gasteiger partial charge >= 0.3 is 0 Å². The van der Waals surface area contributed by atoms with Gasteiger partial charge in [-0.15, -0.1) is 0 Å². The lowest BCUT2D eigenvalue weighted by molar-refractivity contribution is 0.0954. The molecular weight excluding hydrogens is 186 g/mol. The number of amides is 1. The molecule has 1 amide bonds. The monoisotopic (exact) mass is 203 g/mol. The van der Waals surface area contributed by atoms with Gasteiger partial charge in [-0.25, -0.2) is 0 Å². The van der Waals surface area contributed by atoms with Gasteiger partial charge in [-0.1, -0.05) is 31.9 Å². The molecule has 15 heavy (non-hydrogen) atoms. The number of hydrogen-bond acceptors (Lipinski definition) is 1. The Bertz CT molecular complexity index is 384. The maximum absolute atomic E-state index is 11.7. The molecule has 2 heteroatoms. The minimum atomic E-state index is 0.0924. The third kappa shape index (κ3) is 1.76. The van der Waals surface area contributed by atoms with Gasteiger partial charge in [-0.05, 0) is 30.5 Å². The lowest BCUT2D eigenvalue weighted by atomic mass is 9.96. The van der Waals surface area contributed by atoms with E-state index in [-0.39, 0.29) is 11.9 Å². The van der Waals surface area contributed by atoms with E-state index in [0.29, 0.717) is 0 Å². The number of hydrogen-bond donors (Lipinski definition) is 1. The Labute approximate surface area is 90.7 Å². The summed E-state index contributed by atoms with van der Waals surface area (Å²) in [5.74, 6) is 0.0924. The van der Waals surface area contributed by atoms with E-state index in [0.717, 1.165) is 12.0 Å². The van der Waals surface area contributed by atoms with E-state index < -0.39 is 0 Å². The number of carbonyl (C=O) groups is 1. The van der Waals surface area contributed by atoms with Crippen molar-refractivity contribution in [3.05, 3.63) is 34.9 Å². The predicted octanol–water partition coefficient (Wildman–Crippen LogP) is 2.97. The minimum Gasteiger partial charge on any atom is -0.345 e. The summed E-state index contributed by atoms with van der Waals surface area (Å²) in [6.07, 6.45) is 3.40. The van der Waals surface area contributed by atoms with Crippen LogP contribution in [-0.2, 0) is 0 Å². The van der Waals surface area contributed by atoms with Gasteiger partial charge in [-0.2, -0.15) is 0 Å². The minimum absolute atomic E-state index is 0.0924. The normalized spacial score (nSPS) is 18.8. The third-order valence-electron chi connectivity index (χ3n) is 3.07. The summed E-state index contributed by atoms with van der Waals surface area (Å²) < 4.78 is 0. The maximum atomic E-state index is 11.7. The fourth-order valence-electron chi connectivity index (χ4n) is 2.27. The highest BCUT2D eigenvalue weighted by atomic mass is 16.2. The molecule has 0 aliphatic carbocycles. The fraction of sp³-hybridized carbons (Fsp3) is 0.462. The van der Waals surface area contributed by atoms with Gasteiger partial charge < -0.3 is 5.32 Å². The number of carbonyl (C=O) groups excluding carboxylic acids is 1. The van der Waals surface area contributed by atoms with Crippen LogP contribution in [0.1, 0.15) is 53.7 Å². The summed E-state index contributed by atoms with van der Waals surface area (Å²) >= 11 is 0. The molecule has 2 nitrogen and oxygen atoms in total. The third-order valence-corrected chi connectivity index (χ3v) is 3.07.